The minimum atomic E-state index is -2.02. The summed E-state index contributed by atoms with van der Waals surface area (Å²) in [6.45, 7) is 4.57. The molecule has 0 amide bonds. The maximum absolute atomic E-state index is 5.25. The van der Waals surface area contributed by atoms with E-state index >= 15 is 0 Å². The third-order valence-electron chi connectivity index (χ3n) is 6.36. The molecule has 0 spiro atoms. The van der Waals surface area contributed by atoms with E-state index in [4.69, 9.17) is 44.9 Å². The van der Waals surface area contributed by atoms with Crippen LogP contribution in [0.15, 0.2) is 60.7 Å². The van der Waals surface area contributed by atoms with Crippen molar-refractivity contribution >= 4 is 100 Å². The molecule has 0 N–H and O–H groups in total. The molecule has 0 saturated carbocycles. The van der Waals surface area contributed by atoms with E-state index in [9.17, 15) is 0 Å². The SMILES string of the molecule is CCC[CH2][SnH]([SH])[CH](S)C[Si](C[CH](S)[SnH]([SH])[CH2]CCC)(c1ccccc1)c1ccccc1. The summed E-state index contributed by atoms with van der Waals surface area (Å²) in [7, 11) is 8.39. The van der Waals surface area contributed by atoms with Gasteiger partial charge in [0.1, 0.15) is 0 Å². The van der Waals surface area contributed by atoms with Gasteiger partial charge < -0.3 is 0 Å². The van der Waals surface area contributed by atoms with Crippen molar-refractivity contribution < 1.29 is 0 Å². The number of benzene rings is 2. The van der Waals surface area contributed by atoms with Gasteiger partial charge in [0.25, 0.3) is 0 Å². The summed E-state index contributed by atoms with van der Waals surface area (Å²) in [5, 5.41) is 3.09. The van der Waals surface area contributed by atoms with E-state index in [-0.39, 0.29) is 0 Å². The Morgan fingerprint density at radius 1 is 0.677 bits per heavy atom. The Bertz CT molecular complexity index is 671. The summed E-state index contributed by atoms with van der Waals surface area (Å²) in [6, 6.07) is 25.1. The van der Waals surface area contributed by atoms with Crippen molar-refractivity contribution in [3.05, 3.63) is 60.7 Å². The first-order valence-corrected chi connectivity index (χ1v) is 33.6. The summed E-state index contributed by atoms with van der Waals surface area (Å²) in [6.07, 6.45) is 5.16. The maximum atomic E-state index is 5.25. The van der Waals surface area contributed by atoms with Crippen LogP contribution >= 0.6 is 44.9 Å². The second kappa shape index (κ2) is 15.6. The zero-order chi connectivity index (χ0) is 22.7. The molecular weight excluding hydrogens is 682 g/mol. The standard InChI is InChI=1S/C16H18S2Si.2C4H9.2H2S.2Sn.2H/c17-11-13-19(14-12-18,15-7-3-1-4-8-15)16-9-5-2-6-10-16;2*1-3-4-2;;;;;;/h1-12,17-18H,13-14H2;2*1,3-4H2,2H3;2*1H2;;;;/q;;;;;2*+1;;/p-2. The van der Waals surface area contributed by atoms with Crippen molar-refractivity contribution in [2.75, 3.05) is 0 Å². The third-order valence-corrected chi connectivity index (χ3v) is 43.7. The Labute approximate surface area is 225 Å². The van der Waals surface area contributed by atoms with E-state index < -0.39 is 44.8 Å². The van der Waals surface area contributed by atoms with Gasteiger partial charge in [-0.05, 0) is 0 Å². The Morgan fingerprint density at radius 2 is 1.03 bits per heavy atom. The number of thiol groups is 4. The van der Waals surface area contributed by atoms with E-state index in [1.807, 2.05) is 0 Å². The average Bonchev–Trinajstić information content (AvgIpc) is 2.81. The van der Waals surface area contributed by atoms with Gasteiger partial charge in [-0.2, -0.15) is 0 Å². The fourth-order valence-electron chi connectivity index (χ4n) is 4.43. The molecule has 0 aliphatic carbocycles. The van der Waals surface area contributed by atoms with Gasteiger partial charge in [0.05, 0.1) is 0 Å². The topological polar surface area (TPSA) is 0 Å². The molecule has 31 heavy (non-hydrogen) atoms. The Balaban J connectivity index is 2.46. The molecule has 0 aliphatic heterocycles. The van der Waals surface area contributed by atoms with Crippen LogP contribution in [0.4, 0.5) is 0 Å². The predicted octanol–water partition coefficient (Wildman–Crippen LogP) is 5.83. The van der Waals surface area contributed by atoms with Gasteiger partial charge in [-0.25, -0.2) is 0 Å². The van der Waals surface area contributed by atoms with Crippen LogP contribution in [0.3, 0.4) is 0 Å². The molecule has 2 aromatic carbocycles. The molecule has 0 bridgehead atoms. The van der Waals surface area contributed by atoms with Gasteiger partial charge in [-0.15, -0.1) is 0 Å². The van der Waals surface area contributed by atoms with E-state index in [1.165, 1.54) is 46.6 Å². The van der Waals surface area contributed by atoms with Gasteiger partial charge in [0, 0.05) is 0 Å². The molecule has 0 saturated heterocycles. The first-order valence-electron chi connectivity index (χ1n) is 11.8. The van der Waals surface area contributed by atoms with Crippen LogP contribution in [0.2, 0.25) is 21.0 Å². The first kappa shape index (κ1) is 28.9. The molecule has 0 heterocycles. The van der Waals surface area contributed by atoms with Crippen molar-refractivity contribution in [2.24, 2.45) is 0 Å². The number of hydrogen-bond donors (Lipinski definition) is 4. The summed E-state index contributed by atoms with van der Waals surface area (Å²) in [5.74, 6) is 0. The number of rotatable bonds is 14. The van der Waals surface area contributed by atoms with Crippen LogP contribution in [-0.4, -0.2) is 51.4 Å². The van der Waals surface area contributed by atoms with Crippen molar-refractivity contribution in [2.45, 2.75) is 67.0 Å². The molecule has 4 unspecified atom stereocenters. The van der Waals surface area contributed by atoms with Crippen LogP contribution < -0.4 is 10.4 Å². The Kier molecular flexibility index (Phi) is 14.5. The first-order chi connectivity index (χ1) is 14.9. The Hall–Kier alpha value is 1.65. The Morgan fingerprint density at radius 3 is 1.35 bits per heavy atom. The second-order valence-corrected chi connectivity index (χ2v) is 40.7. The molecule has 172 valence electrons. The summed E-state index contributed by atoms with van der Waals surface area (Å²) in [5.41, 5.74) is 0. The van der Waals surface area contributed by atoms with Crippen LogP contribution in [0, 0.1) is 0 Å². The molecular formula is C24H40S4SiSn2. The molecule has 4 atom stereocenters. The van der Waals surface area contributed by atoms with Gasteiger partial charge in [0.2, 0.25) is 0 Å². The van der Waals surface area contributed by atoms with E-state index in [2.05, 4.69) is 74.5 Å². The second-order valence-electron chi connectivity index (χ2n) is 8.78. The zero-order valence-electron chi connectivity index (χ0n) is 19.0. The normalized spacial score (nSPS) is 15.9. The summed E-state index contributed by atoms with van der Waals surface area (Å²) in [4.78, 5) is 0. The van der Waals surface area contributed by atoms with E-state index in [0.717, 1.165) is 0 Å². The summed E-state index contributed by atoms with van der Waals surface area (Å²) < 4.78 is 3.68. The molecule has 0 aliphatic rings. The van der Waals surface area contributed by atoms with Gasteiger partial charge in [-0.3, -0.25) is 0 Å². The van der Waals surface area contributed by atoms with Crippen molar-refractivity contribution in [1.29, 1.82) is 0 Å². The van der Waals surface area contributed by atoms with E-state index in [1.54, 1.807) is 10.4 Å². The molecule has 0 aromatic heterocycles. The molecule has 0 nitrogen and oxygen atoms in total. The van der Waals surface area contributed by atoms with Gasteiger partial charge in [0.15, 0.2) is 0 Å². The monoisotopic (exact) mass is 724 g/mol. The predicted molar refractivity (Wildman–Crippen MR) is 165 cm³/mol. The molecule has 2 rings (SSSR count). The van der Waals surface area contributed by atoms with E-state index in [0.29, 0.717) is 6.53 Å². The fraction of sp³-hybridized carbons (Fsp3) is 0.500. The third kappa shape index (κ3) is 8.99. The molecule has 0 radical (unpaired) electrons. The minimum absolute atomic E-state index is 0.494. The average molecular weight is 722 g/mol. The summed E-state index contributed by atoms with van der Waals surface area (Å²) >= 11 is 6.58. The van der Waals surface area contributed by atoms with Crippen LogP contribution in [0.5, 0.6) is 0 Å². The molecule has 2 aromatic rings. The van der Waals surface area contributed by atoms with Crippen molar-refractivity contribution in [3.63, 3.8) is 0 Å². The quantitative estimate of drug-likeness (QED) is 0.137. The van der Waals surface area contributed by atoms with Gasteiger partial charge in [-0.1, -0.05) is 0 Å². The molecule has 0 fully saturated rings. The number of hydrogen-bond acceptors (Lipinski definition) is 4. The molecule has 7 heteroatoms. The van der Waals surface area contributed by atoms with Gasteiger partial charge >= 0.3 is 228 Å². The number of unbranched alkanes of at least 4 members (excludes halogenated alkanes) is 2. The fourth-order valence-corrected chi connectivity index (χ4v) is 38.5. The van der Waals surface area contributed by atoms with Crippen LogP contribution in [0.1, 0.15) is 39.5 Å². The van der Waals surface area contributed by atoms with Crippen LogP contribution in [-0.2, 0) is 0 Å². The van der Waals surface area contributed by atoms with Crippen molar-refractivity contribution in [1.82, 2.24) is 0 Å². The van der Waals surface area contributed by atoms with Crippen molar-refractivity contribution in [3.8, 4) is 0 Å². The zero-order valence-corrected chi connectivity index (χ0v) is 30.2. The van der Waals surface area contributed by atoms with Crippen LogP contribution in [0.25, 0.3) is 0 Å².